The molecule has 174 valence electrons. The molecule has 2 heterocycles. The summed E-state index contributed by atoms with van der Waals surface area (Å²) in [7, 11) is 0. The van der Waals surface area contributed by atoms with E-state index in [9.17, 15) is 29.7 Å². The molecule has 33 heavy (non-hydrogen) atoms. The van der Waals surface area contributed by atoms with Gasteiger partial charge >= 0.3 is 11.9 Å². The monoisotopic (exact) mass is 456 g/mol. The molecule has 1 amide bonds. The van der Waals surface area contributed by atoms with Crippen LogP contribution in [-0.4, -0.2) is 65.9 Å². The predicted molar refractivity (Wildman–Crippen MR) is 116 cm³/mol. The number of carbonyl (C=O) groups is 3. The molecule has 11 nitrogen and oxygen atoms in total. The first kappa shape index (κ1) is 23.7. The number of carboxylic acid groups (broad SMARTS) is 2. The molecule has 3 rings (SSSR count). The van der Waals surface area contributed by atoms with Gasteiger partial charge in [-0.15, -0.1) is 0 Å². The number of hydrogen-bond donors (Lipinski definition) is 6. The predicted octanol–water partition coefficient (Wildman–Crippen LogP) is 1.53. The van der Waals surface area contributed by atoms with Gasteiger partial charge in [-0.1, -0.05) is 12.1 Å². The molecule has 0 bridgehead atoms. The number of carbonyl (C=O) groups excluding carboxylic acids is 1. The molecule has 1 aromatic carbocycles. The summed E-state index contributed by atoms with van der Waals surface area (Å²) >= 11 is 0. The van der Waals surface area contributed by atoms with Crippen molar-refractivity contribution < 1.29 is 34.8 Å². The van der Waals surface area contributed by atoms with E-state index in [4.69, 9.17) is 5.11 Å². The minimum Gasteiger partial charge on any atom is -0.493 e. The Morgan fingerprint density at radius 2 is 1.79 bits per heavy atom. The number of rotatable bonds is 10. The first-order valence-corrected chi connectivity index (χ1v) is 10.2. The maximum atomic E-state index is 12.5. The Morgan fingerprint density at radius 1 is 1.09 bits per heavy atom. The number of benzene rings is 1. The Bertz CT molecular complexity index is 1170. The zero-order valence-corrected chi connectivity index (χ0v) is 17.8. The highest BCUT2D eigenvalue weighted by Gasteiger charge is 2.24. The van der Waals surface area contributed by atoms with E-state index in [0.717, 1.165) is 5.56 Å². The third kappa shape index (κ3) is 5.44. The van der Waals surface area contributed by atoms with E-state index in [1.54, 1.807) is 25.3 Å². The van der Waals surface area contributed by atoms with Crippen molar-refractivity contribution in [3.05, 3.63) is 53.0 Å². The topological polar surface area (TPSA) is 186 Å². The fourth-order valence-electron chi connectivity index (χ4n) is 3.69. The van der Waals surface area contributed by atoms with E-state index >= 15 is 0 Å². The Balaban J connectivity index is 1.84. The number of hydrogen-bond acceptors (Lipinski definition) is 7. The highest BCUT2D eigenvalue weighted by atomic mass is 16.4. The van der Waals surface area contributed by atoms with Gasteiger partial charge in [0.2, 0.25) is 5.88 Å². The summed E-state index contributed by atoms with van der Waals surface area (Å²) in [5.74, 6) is -3.22. The van der Waals surface area contributed by atoms with E-state index in [-0.39, 0.29) is 36.8 Å². The van der Waals surface area contributed by atoms with E-state index < -0.39 is 23.9 Å². The highest BCUT2D eigenvalue weighted by Crippen LogP contribution is 2.36. The molecule has 0 aliphatic rings. The molecule has 3 aromatic rings. The van der Waals surface area contributed by atoms with Crippen LogP contribution in [0.1, 0.15) is 52.5 Å². The molecule has 6 N–H and O–H groups in total. The van der Waals surface area contributed by atoms with Crippen LogP contribution in [-0.2, 0) is 9.59 Å². The van der Waals surface area contributed by atoms with Crippen LogP contribution < -0.4 is 5.32 Å². The minimum absolute atomic E-state index is 0.128. The number of aliphatic carboxylic acids is 2. The van der Waals surface area contributed by atoms with Crippen molar-refractivity contribution in [1.82, 2.24) is 20.3 Å². The van der Waals surface area contributed by atoms with Crippen LogP contribution in [0.2, 0.25) is 0 Å². The zero-order chi connectivity index (χ0) is 24.1. The lowest BCUT2D eigenvalue weighted by Crippen LogP contribution is -2.41. The van der Waals surface area contributed by atoms with Crippen LogP contribution in [0.25, 0.3) is 11.0 Å². The van der Waals surface area contributed by atoms with Gasteiger partial charge in [0.15, 0.2) is 0 Å². The van der Waals surface area contributed by atoms with E-state index in [0.29, 0.717) is 28.8 Å². The molecule has 2 atom stereocenters. The summed E-state index contributed by atoms with van der Waals surface area (Å²) in [6.45, 7) is 1.53. The Labute approximate surface area is 188 Å². The summed E-state index contributed by atoms with van der Waals surface area (Å²) in [6, 6.07) is 5.05. The molecule has 0 aliphatic heterocycles. The number of aromatic hydroxyl groups is 1. The van der Waals surface area contributed by atoms with Gasteiger partial charge in [-0.05, 0) is 43.0 Å². The Morgan fingerprint density at radius 3 is 2.39 bits per heavy atom. The molecule has 11 heteroatoms. The smallest absolute Gasteiger partial charge is 0.326 e. The fourth-order valence-corrected chi connectivity index (χ4v) is 3.69. The normalized spacial score (nSPS) is 12.9. The average molecular weight is 456 g/mol. The number of nitrogens with zero attached hydrogens (tertiary/aromatic N) is 2. The summed E-state index contributed by atoms with van der Waals surface area (Å²) in [4.78, 5) is 45.8. The van der Waals surface area contributed by atoms with Crippen molar-refractivity contribution in [3.8, 4) is 5.88 Å². The van der Waals surface area contributed by atoms with Gasteiger partial charge in [-0.3, -0.25) is 9.59 Å². The molecule has 0 aliphatic carbocycles. The van der Waals surface area contributed by atoms with Crippen LogP contribution in [0.4, 0.5) is 0 Å². The number of aromatic amines is 1. The lowest BCUT2D eigenvalue weighted by molar-refractivity contribution is -0.140. The maximum absolute atomic E-state index is 12.5. The van der Waals surface area contributed by atoms with Crippen molar-refractivity contribution in [1.29, 1.82) is 0 Å². The second kappa shape index (κ2) is 10.1. The number of fused-ring (bicyclic) bond motifs is 1. The molecule has 0 fully saturated rings. The van der Waals surface area contributed by atoms with Crippen molar-refractivity contribution in [2.45, 2.75) is 38.1 Å². The first-order valence-electron chi connectivity index (χ1n) is 10.2. The van der Waals surface area contributed by atoms with Crippen molar-refractivity contribution >= 4 is 28.9 Å². The molecule has 2 aromatic heterocycles. The van der Waals surface area contributed by atoms with E-state index in [1.807, 2.05) is 0 Å². The lowest BCUT2D eigenvalue weighted by Gasteiger charge is -2.17. The Hall–Kier alpha value is -3.99. The van der Waals surface area contributed by atoms with Crippen LogP contribution in [0.3, 0.4) is 0 Å². The number of H-pyrrole nitrogens is 1. The van der Waals surface area contributed by atoms with Gasteiger partial charge < -0.3 is 30.7 Å². The van der Waals surface area contributed by atoms with Crippen LogP contribution in [0, 0.1) is 6.92 Å². The Kier molecular flexibility index (Phi) is 7.23. The number of amides is 1. The third-order valence-corrected chi connectivity index (χ3v) is 5.27. The highest BCUT2D eigenvalue weighted by molar-refractivity contribution is 5.96. The van der Waals surface area contributed by atoms with E-state index in [1.165, 1.54) is 12.1 Å². The second-order valence-corrected chi connectivity index (χ2v) is 7.55. The number of aromatic nitrogens is 3. The van der Waals surface area contributed by atoms with Crippen LogP contribution in [0.5, 0.6) is 5.88 Å². The number of carboxylic acids is 2. The average Bonchev–Trinajstić information content (AvgIpc) is 3.18. The molecule has 0 saturated carbocycles. The van der Waals surface area contributed by atoms with Gasteiger partial charge in [0.05, 0.1) is 5.39 Å². The first-order chi connectivity index (χ1) is 15.7. The number of aryl methyl sites for hydroxylation is 1. The van der Waals surface area contributed by atoms with Gasteiger partial charge in [0.25, 0.3) is 5.91 Å². The second-order valence-electron chi connectivity index (χ2n) is 7.55. The zero-order valence-electron chi connectivity index (χ0n) is 17.8. The molecule has 0 saturated heterocycles. The summed E-state index contributed by atoms with van der Waals surface area (Å²) in [6.07, 6.45) is 1.40. The van der Waals surface area contributed by atoms with Crippen molar-refractivity contribution in [3.63, 3.8) is 0 Å². The van der Waals surface area contributed by atoms with Gasteiger partial charge in [0, 0.05) is 30.7 Å². The molecular formula is C22H24N4O7. The molecule has 0 radical (unpaired) electrons. The fraction of sp³-hybridized carbons (Fsp3) is 0.318. The summed E-state index contributed by atoms with van der Waals surface area (Å²) in [5, 5.41) is 40.7. The van der Waals surface area contributed by atoms with Crippen LogP contribution >= 0.6 is 0 Å². The minimum atomic E-state index is -1.33. The number of aliphatic hydroxyl groups is 1. The number of aliphatic hydroxyl groups excluding tert-OH is 1. The standard InChI is InChI=1S/C22H24N4O7/c1-11-24-19-18(21(31)25-11)15(10-23-19)14(8-9-27)12-2-4-13(5-3-12)20(30)26-16(22(32)33)6-7-17(28)29/h2-5,10,14,16,27H,6-9H2,1H3,(H,26,30)(H,28,29)(H,32,33)(H2,23,24,25,31)/t14?,16-/m0/s1. The maximum Gasteiger partial charge on any atom is 0.326 e. The SMILES string of the molecule is Cc1nc(O)c2c(C(CCO)c3ccc(C(=O)N[C@@H](CCC(=O)O)C(=O)O)cc3)c[nH]c2n1. The molecular weight excluding hydrogens is 432 g/mol. The largest absolute Gasteiger partial charge is 0.493 e. The van der Waals surface area contributed by atoms with Crippen LogP contribution in [0.15, 0.2) is 30.5 Å². The van der Waals surface area contributed by atoms with Gasteiger partial charge in [0.1, 0.15) is 17.5 Å². The van der Waals surface area contributed by atoms with Crippen molar-refractivity contribution in [2.75, 3.05) is 6.61 Å². The molecule has 0 spiro atoms. The van der Waals surface area contributed by atoms with Crippen molar-refractivity contribution in [2.24, 2.45) is 0 Å². The number of nitrogens with one attached hydrogen (secondary N) is 2. The quantitative estimate of drug-likeness (QED) is 0.263. The summed E-state index contributed by atoms with van der Waals surface area (Å²) < 4.78 is 0. The van der Waals surface area contributed by atoms with Gasteiger partial charge in [-0.2, -0.15) is 4.98 Å². The van der Waals surface area contributed by atoms with Gasteiger partial charge in [-0.25, -0.2) is 9.78 Å². The lowest BCUT2D eigenvalue weighted by atomic mass is 9.88. The molecule has 1 unspecified atom stereocenters. The third-order valence-electron chi connectivity index (χ3n) is 5.27. The van der Waals surface area contributed by atoms with E-state index in [2.05, 4.69) is 20.3 Å². The summed E-state index contributed by atoms with van der Waals surface area (Å²) in [5.41, 5.74) is 2.11.